The van der Waals surface area contributed by atoms with Crippen molar-refractivity contribution < 1.29 is 9.53 Å². The zero-order valence-electron chi connectivity index (χ0n) is 14.7. The second-order valence-electron chi connectivity index (χ2n) is 6.47. The van der Waals surface area contributed by atoms with Gasteiger partial charge >= 0.3 is 0 Å². The number of carbonyl (C=O) groups excluding carboxylic acids is 1. The van der Waals surface area contributed by atoms with Crippen molar-refractivity contribution in [1.82, 2.24) is 5.32 Å². The predicted octanol–water partition coefficient (Wildman–Crippen LogP) is 4.23. The van der Waals surface area contributed by atoms with Crippen LogP contribution in [0, 0.1) is 11.3 Å². The first-order chi connectivity index (χ1) is 12.7. The van der Waals surface area contributed by atoms with Crippen molar-refractivity contribution >= 4 is 12.0 Å². The van der Waals surface area contributed by atoms with Crippen LogP contribution in [-0.4, -0.2) is 11.9 Å². The predicted molar refractivity (Wildman–Crippen MR) is 101 cm³/mol. The summed E-state index contributed by atoms with van der Waals surface area (Å²) in [7, 11) is 0. The Balaban J connectivity index is 1.60. The van der Waals surface area contributed by atoms with Gasteiger partial charge in [-0.25, -0.2) is 0 Å². The number of benzene rings is 2. The maximum Gasteiger partial charge on any atom is 0.262 e. The van der Waals surface area contributed by atoms with E-state index in [1.54, 1.807) is 6.08 Å². The zero-order valence-corrected chi connectivity index (χ0v) is 14.7. The molecule has 0 heterocycles. The quantitative estimate of drug-likeness (QED) is 0.629. The summed E-state index contributed by atoms with van der Waals surface area (Å²) in [5.41, 5.74) is 2.04. The summed E-state index contributed by atoms with van der Waals surface area (Å²) in [6.07, 6.45) is 5.89. The summed E-state index contributed by atoms with van der Waals surface area (Å²) in [6.45, 7) is 0.503. The van der Waals surface area contributed by atoms with Crippen LogP contribution < -0.4 is 10.1 Å². The molecule has 2 aromatic rings. The fourth-order valence-electron chi connectivity index (χ4n) is 3.05. The molecular weight excluding hydrogens is 324 g/mol. The summed E-state index contributed by atoms with van der Waals surface area (Å²) in [6, 6.07) is 19.5. The first-order valence-corrected chi connectivity index (χ1v) is 8.94. The Kier molecular flexibility index (Phi) is 6.05. The van der Waals surface area contributed by atoms with Gasteiger partial charge in [0, 0.05) is 6.04 Å². The van der Waals surface area contributed by atoms with E-state index in [0.29, 0.717) is 6.61 Å². The average molecular weight is 346 g/mol. The van der Waals surface area contributed by atoms with Crippen molar-refractivity contribution in [3.8, 4) is 11.8 Å². The molecule has 1 saturated carbocycles. The van der Waals surface area contributed by atoms with Crippen LogP contribution in [0.25, 0.3) is 6.08 Å². The Hall–Kier alpha value is -3.06. The van der Waals surface area contributed by atoms with Crippen LogP contribution in [0.15, 0.2) is 60.2 Å². The van der Waals surface area contributed by atoms with E-state index in [-0.39, 0.29) is 17.5 Å². The van der Waals surface area contributed by atoms with Crippen LogP contribution in [-0.2, 0) is 11.4 Å². The molecule has 4 nitrogen and oxygen atoms in total. The minimum absolute atomic E-state index is 0.134. The van der Waals surface area contributed by atoms with Gasteiger partial charge < -0.3 is 10.1 Å². The second-order valence-corrected chi connectivity index (χ2v) is 6.47. The van der Waals surface area contributed by atoms with E-state index in [4.69, 9.17) is 4.74 Å². The standard InChI is InChI=1S/C22H22N2O2/c23-15-19(22(25)24-20-8-4-5-9-20)14-17-10-12-21(13-11-17)26-16-18-6-2-1-3-7-18/h1-3,6-7,10-14,20H,4-5,8-9,16H2,(H,24,25)/b19-14+. The Morgan fingerprint density at radius 2 is 1.81 bits per heavy atom. The number of nitrogens with zero attached hydrogens (tertiary/aromatic N) is 1. The maximum atomic E-state index is 12.2. The molecule has 132 valence electrons. The number of hydrogen-bond donors (Lipinski definition) is 1. The number of amides is 1. The Bertz CT molecular complexity index is 798. The van der Waals surface area contributed by atoms with Crippen LogP contribution in [0.5, 0.6) is 5.75 Å². The molecule has 1 aliphatic carbocycles. The molecule has 0 saturated heterocycles. The third kappa shape index (κ3) is 4.97. The van der Waals surface area contributed by atoms with E-state index >= 15 is 0 Å². The third-order valence-corrected chi connectivity index (χ3v) is 4.49. The van der Waals surface area contributed by atoms with E-state index < -0.39 is 0 Å². The molecule has 2 aromatic carbocycles. The molecule has 1 N–H and O–H groups in total. The van der Waals surface area contributed by atoms with Crippen LogP contribution in [0.2, 0.25) is 0 Å². The lowest BCUT2D eigenvalue weighted by atomic mass is 10.1. The molecule has 0 spiro atoms. The van der Waals surface area contributed by atoms with Crippen molar-refractivity contribution in [2.45, 2.75) is 38.3 Å². The molecule has 0 aliphatic heterocycles. The zero-order chi connectivity index (χ0) is 18.2. The molecule has 1 amide bonds. The van der Waals surface area contributed by atoms with Gasteiger partial charge in [0.25, 0.3) is 5.91 Å². The summed E-state index contributed by atoms with van der Waals surface area (Å²) in [5.74, 6) is 0.462. The lowest BCUT2D eigenvalue weighted by Gasteiger charge is -2.11. The van der Waals surface area contributed by atoms with Gasteiger partial charge in [-0.3, -0.25) is 4.79 Å². The molecule has 26 heavy (non-hydrogen) atoms. The highest BCUT2D eigenvalue weighted by atomic mass is 16.5. The van der Waals surface area contributed by atoms with Gasteiger partial charge in [0.2, 0.25) is 0 Å². The van der Waals surface area contributed by atoms with Crippen molar-refractivity contribution in [2.24, 2.45) is 0 Å². The average Bonchev–Trinajstić information content (AvgIpc) is 3.19. The molecule has 0 atom stereocenters. The Morgan fingerprint density at radius 1 is 1.12 bits per heavy atom. The van der Waals surface area contributed by atoms with Crippen LogP contribution in [0.1, 0.15) is 36.8 Å². The number of hydrogen-bond acceptors (Lipinski definition) is 3. The number of ether oxygens (including phenoxy) is 1. The first kappa shape index (κ1) is 17.8. The fourth-order valence-corrected chi connectivity index (χ4v) is 3.05. The lowest BCUT2D eigenvalue weighted by molar-refractivity contribution is -0.117. The molecule has 0 unspecified atom stereocenters. The van der Waals surface area contributed by atoms with E-state index in [1.165, 1.54) is 0 Å². The highest BCUT2D eigenvalue weighted by Crippen LogP contribution is 2.19. The summed E-state index contributed by atoms with van der Waals surface area (Å²) in [5, 5.41) is 12.2. The van der Waals surface area contributed by atoms with Crippen LogP contribution in [0.3, 0.4) is 0 Å². The van der Waals surface area contributed by atoms with Crippen LogP contribution in [0.4, 0.5) is 0 Å². The fraction of sp³-hybridized carbons (Fsp3) is 0.273. The minimum Gasteiger partial charge on any atom is -0.489 e. The second kappa shape index (κ2) is 8.87. The van der Waals surface area contributed by atoms with Gasteiger partial charge in [-0.1, -0.05) is 55.3 Å². The molecular formula is C22H22N2O2. The van der Waals surface area contributed by atoms with Crippen LogP contribution >= 0.6 is 0 Å². The first-order valence-electron chi connectivity index (χ1n) is 8.94. The van der Waals surface area contributed by atoms with Crippen molar-refractivity contribution in [3.63, 3.8) is 0 Å². The Morgan fingerprint density at radius 3 is 2.46 bits per heavy atom. The SMILES string of the molecule is N#C/C(=C\c1ccc(OCc2ccccc2)cc1)C(=O)NC1CCCC1. The molecule has 4 heteroatoms. The summed E-state index contributed by atoms with van der Waals surface area (Å²) >= 11 is 0. The van der Waals surface area contributed by atoms with Gasteiger partial charge in [0.05, 0.1) is 0 Å². The number of rotatable bonds is 6. The highest BCUT2D eigenvalue weighted by molar-refractivity contribution is 6.01. The number of carbonyl (C=O) groups is 1. The van der Waals surface area contributed by atoms with Crippen molar-refractivity contribution in [2.75, 3.05) is 0 Å². The lowest BCUT2D eigenvalue weighted by Crippen LogP contribution is -2.33. The van der Waals surface area contributed by atoms with E-state index in [1.807, 2.05) is 60.7 Å². The van der Waals surface area contributed by atoms with E-state index in [0.717, 1.165) is 42.6 Å². The van der Waals surface area contributed by atoms with Gasteiger partial charge in [-0.15, -0.1) is 0 Å². The van der Waals surface area contributed by atoms with Gasteiger partial charge in [0.15, 0.2) is 0 Å². The number of nitriles is 1. The van der Waals surface area contributed by atoms with Crippen molar-refractivity contribution in [1.29, 1.82) is 5.26 Å². The van der Waals surface area contributed by atoms with E-state index in [2.05, 4.69) is 5.32 Å². The minimum atomic E-state index is -0.288. The van der Waals surface area contributed by atoms with Gasteiger partial charge in [0.1, 0.15) is 24.0 Å². The monoisotopic (exact) mass is 346 g/mol. The number of nitrogens with one attached hydrogen (secondary N) is 1. The molecule has 1 fully saturated rings. The molecule has 0 aromatic heterocycles. The summed E-state index contributed by atoms with van der Waals surface area (Å²) < 4.78 is 5.75. The molecule has 1 aliphatic rings. The highest BCUT2D eigenvalue weighted by Gasteiger charge is 2.19. The molecule has 0 bridgehead atoms. The topological polar surface area (TPSA) is 62.1 Å². The largest absolute Gasteiger partial charge is 0.489 e. The summed E-state index contributed by atoms with van der Waals surface area (Å²) in [4.78, 5) is 12.2. The van der Waals surface area contributed by atoms with Gasteiger partial charge in [-0.2, -0.15) is 5.26 Å². The Labute approximate surface area is 154 Å². The molecule has 3 rings (SSSR count). The normalized spacial score (nSPS) is 14.7. The van der Waals surface area contributed by atoms with E-state index in [9.17, 15) is 10.1 Å². The smallest absolute Gasteiger partial charge is 0.262 e. The molecule has 0 radical (unpaired) electrons. The third-order valence-electron chi connectivity index (χ3n) is 4.49. The maximum absolute atomic E-state index is 12.2. The van der Waals surface area contributed by atoms with Gasteiger partial charge in [-0.05, 0) is 42.2 Å². The van der Waals surface area contributed by atoms with Crippen molar-refractivity contribution in [3.05, 3.63) is 71.3 Å².